The van der Waals surface area contributed by atoms with Gasteiger partial charge in [0.25, 0.3) is 5.91 Å². The fourth-order valence-electron chi connectivity index (χ4n) is 2.77. The predicted molar refractivity (Wildman–Crippen MR) is 114 cm³/mol. The molecule has 0 saturated carbocycles. The molecule has 0 aliphatic heterocycles. The first-order valence-electron chi connectivity index (χ1n) is 9.43. The lowest BCUT2D eigenvalue weighted by atomic mass is 10.2. The molecular weight excluding hydrogens is 435 g/mol. The van der Waals surface area contributed by atoms with Crippen molar-refractivity contribution in [3.63, 3.8) is 0 Å². The SMILES string of the molecule is O=C(CSc1nnc(-c2cccnc2)n1Cc1ccco1)NNC(=O)c1ccc(F)cc1. The lowest BCUT2D eigenvalue weighted by molar-refractivity contribution is -0.119. The number of furan rings is 1. The Labute approximate surface area is 186 Å². The summed E-state index contributed by atoms with van der Waals surface area (Å²) in [5, 5.41) is 8.94. The molecule has 0 atom stereocenters. The van der Waals surface area contributed by atoms with Crippen LogP contribution >= 0.6 is 11.8 Å². The molecule has 0 radical (unpaired) electrons. The number of rotatable bonds is 7. The zero-order valence-electron chi connectivity index (χ0n) is 16.6. The number of carbonyl (C=O) groups is 2. The number of hydrogen-bond donors (Lipinski definition) is 2. The number of hydrazine groups is 1. The van der Waals surface area contributed by atoms with Crippen molar-refractivity contribution in [2.75, 3.05) is 5.75 Å². The molecule has 0 aliphatic rings. The number of benzene rings is 1. The molecule has 2 amide bonds. The maximum Gasteiger partial charge on any atom is 0.269 e. The molecular formula is C21H17FN6O3S. The van der Waals surface area contributed by atoms with Crippen molar-refractivity contribution in [1.29, 1.82) is 0 Å². The van der Waals surface area contributed by atoms with E-state index in [0.717, 1.165) is 29.5 Å². The first-order chi connectivity index (χ1) is 15.6. The lowest BCUT2D eigenvalue weighted by Gasteiger charge is -2.09. The van der Waals surface area contributed by atoms with E-state index in [1.54, 1.807) is 30.8 Å². The first kappa shape index (κ1) is 21.2. The number of carbonyl (C=O) groups excluding carboxylic acids is 2. The summed E-state index contributed by atoms with van der Waals surface area (Å²) in [6.45, 7) is 0.371. The van der Waals surface area contributed by atoms with Crippen molar-refractivity contribution < 1.29 is 18.4 Å². The number of hydrogen-bond acceptors (Lipinski definition) is 7. The van der Waals surface area contributed by atoms with Crippen LogP contribution in [-0.2, 0) is 11.3 Å². The number of nitrogens with zero attached hydrogens (tertiary/aromatic N) is 4. The molecule has 162 valence electrons. The zero-order chi connectivity index (χ0) is 22.3. The third-order valence-corrected chi connectivity index (χ3v) is 5.25. The summed E-state index contributed by atoms with van der Waals surface area (Å²) in [5.74, 6) is -0.183. The van der Waals surface area contributed by atoms with Crippen LogP contribution in [0.2, 0.25) is 0 Å². The average Bonchev–Trinajstić information content (AvgIpc) is 3.47. The molecule has 3 heterocycles. The molecule has 11 heteroatoms. The highest BCUT2D eigenvalue weighted by molar-refractivity contribution is 7.99. The minimum absolute atomic E-state index is 0.0208. The second-order valence-electron chi connectivity index (χ2n) is 6.51. The highest BCUT2D eigenvalue weighted by atomic mass is 32.2. The van der Waals surface area contributed by atoms with Crippen LogP contribution in [0.5, 0.6) is 0 Å². The van der Waals surface area contributed by atoms with Crippen LogP contribution in [0.1, 0.15) is 16.1 Å². The molecule has 4 aromatic rings. The van der Waals surface area contributed by atoms with Gasteiger partial charge in [-0.3, -0.25) is 30.0 Å². The molecule has 0 saturated heterocycles. The Balaban J connectivity index is 1.41. The topological polar surface area (TPSA) is 115 Å². The highest BCUT2D eigenvalue weighted by Gasteiger charge is 2.17. The third kappa shape index (κ3) is 5.19. The van der Waals surface area contributed by atoms with E-state index in [0.29, 0.717) is 23.3 Å². The van der Waals surface area contributed by atoms with E-state index < -0.39 is 17.6 Å². The minimum atomic E-state index is -0.553. The van der Waals surface area contributed by atoms with Crippen molar-refractivity contribution in [3.05, 3.63) is 84.3 Å². The van der Waals surface area contributed by atoms with Crippen molar-refractivity contribution >= 4 is 23.6 Å². The van der Waals surface area contributed by atoms with Gasteiger partial charge in [-0.25, -0.2) is 4.39 Å². The van der Waals surface area contributed by atoms with Gasteiger partial charge >= 0.3 is 0 Å². The normalized spacial score (nSPS) is 10.7. The van der Waals surface area contributed by atoms with E-state index >= 15 is 0 Å². The van der Waals surface area contributed by atoms with Crippen LogP contribution < -0.4 is 10.9 Å². The molecule has 32 heavy (non-hydrogen) atoms. The van der Waals surface area contributed by atoms with Gasteiger partial charge in [-0.05, 0) is 48.5 Å². The van der Waals surface area contributed by atoms with Crippen LogP contribution in [0.4, 0.5) is 4.39 Å². The second-order valence-corrected chi connectivity index (χ2v) is 7.45. The predicted octanol–water partition coefficient (Wildman–Crippen LogP) is 2.67. The number of pyridine rings is 1. The van der Waals surface area contributed by atoms with E-state index in [2.05, 4.69) is 26.0 Å². The van der Waals surface area contributed by atoms with Gasteiger partial charge in [-0.2, -0.15) is 0 Å². The number of thioether (sulfide) groups is 1. The lowest BCUT2D eigenvalue weighted by Crippen LogP contribution is -2.42. The Hall–Kier alpha value is -3.99. The van der Waals surface area contributed by atoms with Crippen LogP contribution in [0.3, 0.4) is 0 Å². The quantitative estimate of drug-likeness (QED) is 0.327. The molecule has 4 rings (SSSR count). The van der Waals surface area contributed by atoms with E-state index in [-0.39, 0.29) is 11.3 Å². The Morgan fingerprint density at radius 3 is 2.62 bits per heavy atom. The smallest absolute Gasteiger partial charge is 0.269 e. The summed E-state index contributed by atoms with van der Waals surface area (Å²) >= 11 is 1.16. The minimum Gasteiger partial charge on any atom is -0.467 e. The van der Waals surface area contributed by atoms with Gasteiger partial charge in [0.1, 0.15) is 11.6 Å². The first-order valence-corrected chi connectivity index (χ1v) is 10.4. The number of amides is 2. The van der Waals surface area contributed by atoms with Gasteiger partial charge in [-0.15, -0.1) is 10.2 Å². The van der Waals surface area contributed by atoms with Gasteiger partial charge in [0.05, 0.1) is 18.6 Å². The monoisotopic (exact) mass is 452 g/mol. The summed E-state index contributed by atoms with van der Waals surface area (Å²) in [7, 11) is 0. The Morgan fingerprint density at radius 1 is 1.06 bits per heavy atom. The summed E-state index contributed by atoms with van der Waals surface area (Å²) in [6.07, 6.45) is 4.92. The maximum atomic E-state index is 13.0. The van der Waals surface area contributed by atoms with Gasteiger partial charge in [0.2, 0.25) is 5.91 Å². The summed E-state index contributed by atoms with van der Waals surface area (Å²) in [6, 6.07) is 12.3. The van der Waals surface area contributed by atoms with Gasteiger partial charge in [0, 0.05) is 23.5 Å². The molecule has 0 aliphatic carbocycles. The second kappa shape index (κ2) is 9.88. The van der Waals surface area contributed by atoms with Crippen molar-refractivity contribution in [2.24, 2.45) is 0 Å². The number of aromatic nitrogens is 4. The van der Waals surface area contributed by atoms with E-state index in [1.165, 1.54) is 12.1 Å². The Bertz CT molecular complexity index is 1200. The molecule has 3 aromatic heterocycles. The Kier molecular flexibility index (Phi) is 6.56. The van der Waals surface area contributed by atoms with Crippen LogP contribution in [-0.4, -0.2) is 37.3 Å². The van der Waals surface area contributed by atoms with Gasteiger partial charge < -0.3 is 4.42 Å². The number of halogens is 1. The maximum absolute atomic E-state index is 13.0. The van der Waals surface area contributed by atoms with E-state index in [9.17, 15) is 14.0 Å². The Morgan fingerprint density at radius 2 is 1.91 bits per heavy atom. The van der Waals surface area contributed by atoms with Gasteiger partial charge in [-0.1, -0.05) is 11.8 Å². The molecule has 0 unspecified atom stereocenters. The molecule has 2 N–H and O–H groups in total. The van der Waals surface area contributed by atoms with Crippen LogP contribution in [0.25, 0.3) is 11.4 Å². The van der Waals surface area contributed by atoms with Gasteiger partial charge in [0.15, 0.2) is 11.0 Å². The number of nitrogens with one attached hydrogen (secondary N) is 2. The van der Waals surface area contributed by atoms with Crippen molar-refractivity contribution in [1.82, 2.24) is 30.6 Å². The van der Waals surface area contributed by atoms with Crippen LogP contribution in [0.15, 0.2) is 76.8 Å². The average molecular weight is 452 g/mol. The fraction of sp³-hybridized carbons (Fsp3) is 0.0952. The summed E-state index contributed by atoms with van der Waals surface area (Å²) in [4.78, 5) is 28.4. The molecule has 0 spiro atoms. The molecule has 0 fully saturated rings. The largest absolute Gasteiger partial charge is 0.467 e. The molecule has 9 nitrogen and oxygen atoms in total. The van der Waals surface area contributed by atoms with Crippen LogP contribution in [0, 0.1) is 5.82 Å². The van der Waals surface area contributed by atoms with E-state index in [4.69, 9.17) is 4.42 Å². The third-order valence-electron chi connectivity index (χ3n) is 4.28. The summed E-state index contributed by atoms with van der Waals surface area (Å²) in [5.41, 5.74) is 5.62. The highest BCUT2D eigenvalue weighted by Crippen LogP contribution is 2.24. The zero-order valence-corrected chi connectivity index (χ0v) is 17.4. The summed E-state index contributed by atoms with van der Waals surface area (Å²) < 4.78 is 20.2. The standard InChI is InChI=1S/C21H17FN6O3S/c22-16-7-5-14(6-8-16)20(30)26-24-18(29)13-32-21-27-25-19(15-3-1-9-23-11-15)28(21)12-17-4-2-10-31-17/h1-11H,12-13H2,(H,24,29)(H,26,30). The van der Waals surface area contributed by atoms with Crippen molar-refractivity contribution in [3.8, 4) is 11.4 Å². The van der Waals surface area contributed by atoms with Crippen molar-refractivity contribution in [2.45, 2.75) is 11.7 Å². The van der Waals surface area contributed by atoms with E-state index in [1.807, 2.05) is 16.7 Å². The fourth-order valence-corrected chi connectivity index (χ4v) is 3.51. The molecule has 0 bridgehead atoms. The molecule has 1 aromatic carbocycles.